The number of unbranched alkanes of at least 4 members (excludes halogenated alkanes) is 1. The number of nitrogens with zero attached hydrogens (tertiary/aromatic N) is 1. The minimum atomic E-state index is -0.264. The molecule has 3 heteroatoms. The number of aryl methyl sites for hydroxylation is 1. The van der Waals surface area contributed by atoms with Gasteiger partial charge in [0, 0.05) is 18.8 Å². The van der Waals surface area contributed by atoms with Crippen LogP contribution >= 0.6 is 0 Å². The molecule has 0 spiro atoms. The number of anilines is 1. The van der Waals surface area contributed by atoms with Gasteiger partial charge in [-0.3, -0.25) is 0 Å². The summed E-state index contributed by atoms with van der Waals surface area (Å²) in [5.74, 6) is 0. The normalized spacial score (nSPS) is 12.9. The lowest BCUT2D eigenvalue weighted by atomic mass is 10.1. The van der Waals surface area contributed by atoms with E-state index in [0.717, 1.165) is 37.3 Å². The summed E-state index contributed by atoms with van der Waals surface area (Å²) in [6, 6.07) is 6.29. The highest BCUT2D eigenvalue weighted by atomic mass is 16.3. The lowest BCUT2D eigenvalue weighted by Gasteiger charge is -2.23. The first-order valence-electron chi connectivity index (χ1n) is 7.28. The van der Waals surface area contributed by atoms with Crippen LogP contribution in [0.3, 0.4) is 0 Å². The molecule has 3 nitrogen and oxygen atoms in total. The van der Waals surface area contributed by atoms with Crippen LogP contribution in [0.4, 0.5) is 5.69 Å². The first kappa shape index (κ1) is 16.0. The molecule has 0 radical (unpaired) electrons. The van der Waals surface area contributed by atoms with Crippen LogP contribution in [-0.4, -0.2) is 35.7 Å². The zero-order chi connectivity index (χ0) is 14.3. The first-order chi connectivity index (χ1) is 9.02. The lowest BCUT2D eigenvalue weighted by Crippen LogP contribution is -2.33. The maximum atomic E-state index is 9.54. The van der Waals surface area contributed by atoms with Gasteiger partial charge in [-0.15, -0.1) is 0 Å². The van der Waals surface area contributed by atoms with Crippen LogP contribution in [0.1, 0.15) is 37.8 Å². The average molecular weight is 264 g/mol. The Morgan fingerprint density at radius 2 is 2.05 bits per heavy atom. The van der Waals surface area contributed by atoms with E-state index in [1.807, 2.05) is 13.8 Å². The van der Waals surface area contributed by atoms with Gasteiger partial charge in [0.2, 0.25) is 0 Å². The Morgan fingerprint density at radius 3 is 2.63 bits per heavy atom. The fourth-order valence-electron chi connectivity index (χ4n) is 2.18. The van der Waals surface area contributed by atoms with Gasteiger partial charge in [0.05, 0.1) is 6.10 Å². The second-order valence-electron chi connectivity index (χ2n) is 5.44. The van der Waals surface area contributed by atoms with Gasteiger partial charge in [-0.05, 0) is 50.4 Å². The number of nitrogens with two attached hydrogens (primary N) is 1. The van der Waals surface area contributed by atoms with Crippen LogP contribution in [-0.2, 0) is 6.42 Å². The molecule has 1 unspecified atom stereocenters. The second kappa shape index (κ2) is 8.18. The predicted octanol–water partition coefficient (Wildman–Crippen LogP) is 2.60. The number of hydrogen-bond acceptors (Lipinski definition) is 3. The molecule has 0 aliphatic heterocycles. The molecule has 0 saturated carbocycles. The molecule has 1 aromatic rings. The maximum Gasteiger partial charge on any atom is 0.0639 e. The number of benzene rings is 1. The SMILES string of the molecule is CCCCN(CCc1ccc(C)c(N)c1)CC(C)O. The molecule has 19 heavy (non-hydrogen) atoms. The standard InChI is InChI=1S/C16H28N2O/c1-4-5-9-18(12-14(3)19)10-8-15-7-6-13(2)16(17)11-15/h6-7,11,14,19H,4-5,8-10,12,17H2,1-3H3. The van der Waals surface area contributed by atoms with Crippen LogP contribution < -0.4 is 5.73 Å². The Kier molecular flexibility index (Phi) is 6.89. The molecule has 0 fully saturated rings. The molecule has 0 aliphatic carbocycles. The Bertz CT molecular complexity index is 377. The molecule has 0 aliphatic rings. The quantitative estimate of drug-likeness (QED) is 0.710. The van der Waals surface area contributed by atoms with Crippen molar-refractivity contribution in [2.75, 3.05) is 25.4 Å². The molecule has 0 heterocycles. The molecule has 108 valence electrons. The zero-order valence-electron chi connectivity index (χ0n) is 12.5. The summed E-state index contributed by atoms with van der Waals surface area (Å²) in [6.45, 7) is 8.86. The van der Waals surface area contributed by atoms with E-state index in [1.165, 1.54) is 18.4 Å². The minimum Gasteiger partial charge on any atom is -0.399 e. The van der Waals surface area contributed by atoms with E-state index < -0.39 is 0 Å². The highest BCUT2D eigenvalue weighted by Crippen LogP contribution is 2.13. The number of nitrogen functional groups attached to an aromatic ring is 1. The van der Waals surface area contributed by atoms with Gasteiger partial charge in [-0.1, -0.05) is 25.5 Å². The smallest absolute Gasteiger partial charge is 0.0639 e. The van der Waals surface area contributed by atoms with Gasteiger partial charge < -0.3 is 15.7 Å². The summed E-state index contributed by atoms with van der Waals surface area (Å²) in [4.78, 5) is 2.34. The monoisotopic (exact) mass is 264 g/mol. The topological polar surface area (TPSA) is 49.5 Å². The Balaban J connectivity index is 2.51. The van der Waals surface area contributed by atoms with Crippen molar-refractivity contribution in [3.8, 4) is 0 Å². The van der Waals surface area contributed by atoms with Crippen molar-refractivity contribution < 1.29 is 5.11 Å². The molecule has 1 rings (SSSR count). The number of aliphatic hydroxyl groups excluding tert-OH is 1. The minimum absolute atomic E-state index is 0.264. The Labute approximate surface area is 117 Å². The predicted molar refractivity (Wildman–Crippen MR) is 82.3 cm³/mol. The fraction of sp³-hybridized carbons (Fsp3) is 0.625. The van der Waals surface area contributed by atoms with Gasteiger partial charge in [0.15, 0.2) is 0 Å². The molecule has 1 atom stereocenters. The van der Waals surface area contributed by atoms with Crippen LogP contribution in [0.25, 0.3) is 0 Å². The molecular weight excluding hydrogens is 236 g/mol. The van der Waals surface area contributed by atoms with Crippen molar-refractivity contribution in [2.45, 2.75) is 46.1 Å². The Morgan fingerprint density at radius 1 is 1.32 bits per heavy atom. The molecule has 0 saturated heterocycles. The molecule has 0 bridgehead atoms. The van der Waals surface area contributed by atoms with Crippen molar-refractivity contribution in [1.29, 1.82) is 0 Å². The molecule has 0 amide bonds. The summed E-state index contributed by atoms with van der Waals surface area (Å²) < 4.78 is 0. The molecule has 1 aromatic carbocycles. The third-order valence-corrected chi connectivity index (χ3v) is 3.41. The fourth-order valence-corrected chi connectivity index (χ4v) is 2.18. The van der Waals surface area contributed by atoms with Crippen LogP contribution in [0.15, 0.2) is 18.2 Å². The first-order valence-corrected chi connectivity index (χ1v) is 7.28. The highest BCUT2D eigenvalue weighted by molar-refractivity contribution is 5.48. The van der Waals surface area contributed by atoms with Crippen molar-refractivity contribution in [2.24, 2.45) is 0 Å². The van der Waals surface area contributed by atoms with E-state index >= 15 is 0 Å². The van der Waals surface area contributed by atoms with Gasteiger partial charge in [0.1, 0.15) is 0 Å². The van der Waals surface area contributed by atoms with Gasteiger partial charge in [-0.25, -0.2) is 0 Å². The highest BCUT2D eigenvalue weighted by Gasteiger charge is 2.08. The van der Waals surface area contributed by atoms with E-state index in [2.05, 4.69) is 30.0 Å². The largest absolute Gasteiger partial charge is 0.399 e. The van der Waals surface area contributed by atoms with Crippen LogP contribution in [0.2, 0.25) is 0 Å². The summed E-state index contributed by atoms with van der Waals surface area (Å²) in [7, 11) is 0. The molecule has 0 aromatic heterocycles. The van der Waals surface area contributed by atoms with E-state index in [0.29, 0.717) is 0 Å². The van der Waals surface area contributed by atoms with Crippen molar-refractivity contribution in [3.05, 3.63) is 29.3 Å². The van der Waals surface area contributed by atoms with E-state index in [9.17, 15) is 5.11 Å². The second-order valence-corrected chi connectivity index (χ2v) is 5.44. The summed E-state index contributed by atoms with van der Waals surface area (Å²) >= 11 is 0. The zero-order valence-corrected chi connectivity index (χ0v) is 12.5. The average Bonchev–Trinajstić information content (AvgIpc) is 2.36. The summed E-state index contributed by atoms with van der Waals surface area (Å²) in [5.41, 5.74) is 9.21. The van der Waals surface area contributed by atoms with E-state index in [-0.39, 0.29) is 6.10 Å². The van der Waals surface area contributed by atoms with Crippen molar-refractivity contribution >= 4 is 5.69 Å². The third-order valence-electron chi connectivity index (χ3n) is 3.41. The summed E-state index contributed by atoms with van der Waals surface area (Å²) in [6.07, 6.45) is 3.09. The van der Waals surface area contributed by atoms with Gasteiger partial charge >= 0.3 is 0 Å². The number of hydrogen-bond donors (Lipinski definition) is 2. The molecular formula is C16H28N2O. The number of aliphatic hydroxyl groups is 1. The third kappa shape index (κ3) is 6.08. The van der Waals surface area contributed by atoms with E-state index in [4.69, 9.17) is 5.73 Å². The van der Waals surface area contributed by atoms with Crippen molar-refractivity contribution in [1.82, 2.24) is 4.90 Å². The van der Waals surface area contributed by atoms with Gasteiger partial charge in [-0.2, -0.15) is 0 Å². The Hall–Kier alpha value is -1.06. The maximum absolute atomic E-state index is 9.54. The molecule has 3 N–H and O–H groups in total. The van der Waals surface area contributed by atoms with E-state index in [1.54, 1.807) is 0 Å². The van der Waals surface area contributed by atoms with Gasteiger partial charge in [0.25, 0.3) is 0 Å². The van der Waals surface area contributed by atoms with Crippen LogP contribution in [0, 0.1) is 6.92 Å². The summed E-state index contributed by atoms with van der Waals surface area (Å²) in [5, 5.41) is 9.54. The lowest BCUT2D eigenvalue weighted by molar-refractivity contribution is 0.126. The van der Waals surface area contributed by atoms with Crippen molar-refractivity contribution in [3.63, 3.8) is 0 Å². The van der Waals surface area contributed by atoms with Crippen LogP contribution in [0.5, 0.6) is 0 Å². The number of rotatable bonds is 8.